The van der Waals surface area contributed by atoms with Crippen LogP contribution in [0.25, 0.3) is 0 Å². The number of carbonyl (C=O) groups is 6. The van der Waals surface area contributed by atoms with Crippen LogP contribution in [0.1, 0.15) is 66.7 Å². The number of hydrogen-bond donors (Lipinski definition) is 4. The lowest BCUT2D eigenvalue weighted by Gasteiger charge is -2.37. The standard InChI is InChI=1S/C30H48N6O7/c1-16(2)21(27(40)35-9-11-43-12-10-35)33-29(42)34-24(30(3,4)5)28(41)36-15-18-14-19(18)22(36)26(39)32-20(23(37)25(31)38)13-17-7-6-8-17/h16-22,24H,6-15H2,1-5H3,(H2,31,38)(H,32,39)(H2,33,34,42)/t18-,19-,20?,21-,22-,24+/m0/s1. The summed E-state index contributed by atoms with van der Waals surface area (Å²) in [5.74, 6) is -2.88. The summed E-state index contributed by atoms with van der Waals surface area (Å²) in [5.41, 5.74) is 4.56. The van der Waals surface area contributed by atoms with Gasteiger partial charge in [-0.3, -0.25) is 24.0 Å². The van der Waals surface area contributed by atoms with E-state index in [1.807, 2.05) is 34.6 Å². The molecule has 6 atom stereocenters. The van der Waals surface area contributed by atoms with E-state index in [4.69, 9.17) is 10.5 Å². The first-order valence-electron chi connectivity index (χ1n) is 15.6. The maximum Gasteiger partial charge on any atom is 0.316 e. The average molecular weight is 605 g/mol. The van der Waals surface area contributed by atoms with Crippen LogP contribution in [0.2, 0.25) is 0 Å². The number of fused-ring (bicyclic) bond motifs is 1. The molecule has 2 aliphatic heterocycles. The molecule has 4 rings (SSSR count). The van der Waals surface area contributed by atoms with Gasteiger partial charge in [-0.15, -0.1) is 0 Å². The first-order chi connectivity index (χ1) is 20.2. The van der Waals surface area contributed by atoms with Crippen molar-refractivity contribution in [1.29, 1.82) is 0 Å². The summed E-state index contributed by atoms with van der Waals surface area (Å²) in [7, 11) is 0. The summed E-state index contributed by atoms with van der Waals surface area (Å²) in [4.78, 5) is 81.6. The summed E-state index contributed by atoms with van der Waals surface area (Å²) in [5, 5.41) is 8.32. The van der Waals surface area contributed by atoms with E-state index in [0.717, 1.165) is 25.7 Å². The molecule has 2 saturated carbocycles. The highest BCUT2D eigenvalue weighted by atomic mass is 16.5. The lowest BCUT2D eigenvalue weighted by Crippen LogP contribution is -2.62. The number of primary amides is 1. The first kappa shape index (κ1) is 32.7. The van der Waals surface area contributed by atoms with Gasteiger partial charge in [-0.2, -0.15) is 0 Å². The number of urea groups is 1. The van der Waals surface area contributed by atoms with Crippen molar-refractivity contribution in [3.8, 4) is 0 Å². The fourth-order valence-corrected chi connectivity index (χ4v) is 6.37. The predicted octanol–water partition coefficient (Wildman–Crippen LogP) is 0.160. The van der Waals surface area contributed by atoms with Crippen molar-refractivity contribution in [2.45, 2.75) is 90.9 Å². The number of nitrogens with zero attached hydrogens (tertiary/aromatic N) is 2. The first-order valence-corrected chi connectivity index (χ1v) is 15.6. The molecule has 0 radical (unpaired) electrons. The van der Waals surface area contributed by atoms with Crippen LogP contribution in [0.3, 0.4) is 0 Å². The number of carbonyl (C=O) groups excluding carboxylic acids is 6. The Morgan fingerprint density at radius 3 is 2.14 bits per heavy atom. The largest absolute Gasteiger partial charge is 0.378 e. The van der Waals surface area contributed by atoms with Gasteiger partial charge >= 0.3 is 6.03 Å². The molecule has 5 N–H and O–H groups in total. The second kappa shape index (κ2) is 13.2. The number of ether oxygens (including phenoxy) is 1. The zero-order chi connectivity index (χ0) is 31.6. The van der Waals surface area contributed by atoms with E-state index in [1.54, 1.807) is 4.90 Å². The molecule has 4 fully saturated rings. The normalized spacial score (nSPS) is 25.6. The van der Waals surface area contributed by atoms with Crippen molar-refractivity contribution in [2.75, 3.05) is 32.8 Å². The number of piperidine rings is 1. The Morgan fingerprint density at radius 1 is 0.953 bits per heavy atom. The molecule has 0 aromatic rings. The Kier molecular flexibility index (Phi) is 10.0. The van der Waals surface area contributed by atoms with Gasteiger partial charge < -0.3 is 36.2 Å². The van der Waals surface area contributed by atoms with Crippen molar-refractivity contribution in [2.24, 2.45) is 34.8 Å². The van der Waals surface area contributed by atoms with Gasteiger partial charge in [0, 0.05) is 19.6 Å². The second-order valence-corrected chi connectivity index (χ2v) is 14.0. The van der Waals surface area contributed by atoms with Crippen LogP contribution in [-0.2, 0) is 28.7 Å². The molecule has 43 heavy (non-hydrogen) atoms. The lowest BCUT2D eigenvalue weighted by molar-refractivity contribution is -0.144. The van der Waals surface area contributed by atoms with E-state index >= 15 is 0 Å². The number of amides is 6. The molecule has 240 valence electrons. The van der Waals surface area contributed by atoms with E-state index in [2.05, 4.69) is 16.0 Å². The van der Waals surface area contributed by atoms with Crippen LogP contribution >= 0.6 is 0 Å². The van der Waals surface area contributed by atoms with Gasteiger partial charge in [-0.1, -0.05) is 53.9 Å². The van der Waals surface area contributed by atoms with Gasteiger partial charge in [0.05, 0.1) is 19.3 Å². The van der Waals surface area contributed by atoms with Crippen molar-refractivity contribution in [1.82, 2.24) is 25.8 Å². The zero-order valence-corrected chi connectivity index (χ0v) is 26.0. The molecular formula is C30H48N6O7. The van der Waals surface area contributed by atoms with Crippen LogP contribution in [0, 0.1) is 29.1 Å². The van der Waals surface area contributed by atoms with Gasteiger partial charge in [0.15, 0.2) is 0 Å². The number of Topliss-reactive ketones (excluding diaryl/α,β-unsaturated/α-hetero) is 1. The molecule has 13 nitrogen and oxygen atoms in total. The highest BCUT2D eigenvalue weighted by Crippen LogP contribution is 2.50. The van der Waals surface area contributed by atoms with Crippen molar-refractivity contribution >= 4 is 35.4 Å². The lowest BCUT2D eigenvalue weighted by atomic mass is 9.80. The van der Waals surface area contributed by atoms with Crippen LogP contribution < -0.4 is 21.7 Å². The zero-order valence-electron chi connectivity index (χ0n) is 26.0. The Balaban J connectivity index is 1.46. The second-order valence-electron chi connectivity index (χ2n) is 14.0. The maximum absolute atomic E-state index is 14.0. The van der Waals surface area contributed by atoms with Crippen molar-refractivity contribution in [3.63, 3.8) is 0 Å². The van der Waals surface area contributed by atoms with Crippen molar-refractivity contribution < 1.29 is 33.5 Å². The Hall–Kier alpha value is -3.22. The third-order valence-electron chi connectivity index (χ3n) is 9.30. The number of rotatable bonds is 11. The van der Waals surface area contributed by atoms with Crippen LogP contribution in [0.15, 0.2) is 0 Å². The fraction of sp³-hybridized carbons (Fsp3) is 0.800. The summed E-state index contributed by atoms with van der Waals surface area (Å²) in [6.45, 7) is 11.3. The van der Waals surface area contributed by atoms with Crippen molar-refractivity contribution in [3.05, 3.63) is 0 Å². The average Bonchev–Trinajstić information content (AvgIpc) is 3.58. The van der Waals surface area contributed by atoms with Gasteiger partial charge in [-0.05, 0) is 41.9 Å². The molecule has 2 saturated heterocycles. The van der Waals surface area contributed by atoms with Crippen LogP contribution in [-0.4, -0.2) is 102 Å². The van der Waals surface area contributed by atoms with Gasteiger partial charge in [0.2, 0.25) is 23.5 Å². The molecule has 0 bridgehead atoms. The quantitative estimate of drug-likeness (QED) is 0.242. The smallest absolute Gasteiger partial charge is 0.316 e. The number of nitrogens with one attached hydrogen (secondary N) is 3. The van der Waals surface area contributed by atoms with E-state index in [1.165, 1.54) is 4.90 Å². The minimum absolute atomic E-state index is 0.0529. The van der Waals surface area contributed by atoms with Crippen LogP contribution in [0.4, 0.5) is 4.79 Å². The van der Waals surface area contributed by atoms with E-state index in [9.17, 15) is 28.8 Å². The highest BCUT2D eigenvalue weighted by molar-refractivity contribution is 6.37. The SMILES string of the molecule is CC(C)[C@H](NC(=O)N[C@H](C(=O)N1C[C@@H]2C[C@@H]2[C@H]1C(=O)NC(CC1CCC1)C(=O)C(N)=O)C(C)(C)C)C(=O)N1CCOCC1. The minimum atomic E-state index is -1.09. The summed E-state index contributed by atoms with van der Waals surface area (Å²) in [6, 6.07) is -4.27. The molecular weight excluding hydrogens is 556 g/mol. The van der Waals surface area contributed by atoms with Crippen LogP contribution in [0.5, 0.6) is 0 Å². The molecule has 2 heterocycles. The van der Waals surface area contributed by atoms with Gasteiger partial charge in [0.25, 0.3) is 5.91 Å². The maximum atomic E-state index is 14.0. The Morgan fingerprint density at radius 2 is 1.60 bits per heavy atom. The number of morpholine rings is 1. The summed E-state index contributed by atoms with van der Waals surface area (Å²) < 4.78 is 5.34. The fourth-order valence-electron chi connectivity index (χ4n) is 6.37. The number of ketones is 1. The monoisotopic (exact) mass is 604 g/mol. The number of likely N-dealkylation sites (tertiary alicyclic amines) is 1. The van der Waals surface area contributed by atoms with E-state index in [0.29, 0.717) is 39.3 Å². The number of nitrogens with two attached hydrogens (primary N) is 1. The Bertz CT molecular complexity index is 1110. The molecule has 13 heteroatoms. The molecule has 2 aliphatic carbocycles. The summed E-state index contributed by atoms with van der Waals surface area (Å²) in [6.07, 6.45) is 4.02. The molecule has 1 unspecified atom stereocenters. The van der Waals surface area contributed by atoms with Gasteiger partial charge in [-0.25, -0.2) is 4.79 Å². The van der Waals surface area contributed by atoms with E-state index in [-0.39, 0.29) is 29.6 Å². The Labute approximate surface area is 253 Å². The molecule has 0 spiro atoms. The molecule has 0 aromatic heterocycles. The highest BCUT2D eigenvalue weighted by Gasteiger charge is 2.58. The predicted molar refractivity (Wildman–Crippen MR) is 156 cm³/mol. The third kappa shape index (κ3) is 7.66. The minimum Gasteiger partial charge on any atom is -0.378 e. The van der Waals surface area contributed by atoms with Gasteiger partial charge in [0.1, 0.15) is 18.1 Å². The number of hydrogen-bond acceptors (Lipinski definition) is 7. The van der Waals surface area contributed by atoms with E-state index < -0.39 is 59.1 Å². The molecule has 4 aliphatic rings. The third-order valence-corrected chi connectivity index (χ3v) is 9.30. The molecule has 6 amide bonds. The molecule has 0 aromatic carbocycles. The summed E-state index contributed by atoms with van der Waals surface area (Å²) >= 11 is 0. The topological polar surface area (TPSA) is 180 Å².